The van der Waals surface area contributed by atoms with Crippen molar-refractivity contribution in [2.24, 2.45) is 0 Å². The maximum absolute atomic E-state index is 10.7. The van der Waals surface area contributed by atoms with E-state index in [0.29, 0.717) is 0 Å². The number of hydrogen-bond donors (Lipinski definition) is 0. The molecule has 1 atom stereocenters. The molecule has 0 amide bonds. The fraction of sp³-hybridized carbons (Fsp3) is 0.286. The van der Waals surface area contributed by atoms with Crippen LogP contribution in [0.25, 0.3) is 0 Å². The molecule has 0 saturated heterocycles. The lowest BCUT2D eigenvalue weighted by Crippen LogP contribution is -1.86. The molecule has 1 heterocycles. The standard InChI is InChI=1S/C7H9NO3P/c1-10-12(9)11-6-7-3-2-4-8-5-7/h2-5H,6H2,1H3/q+1. The van der Waals surface area contributed by atoms with Gasteiger partial charge in [0.1, 0.15) is 6.61 Å². The number of nitrogens with zero attached hydrogens (tertiary/aromatic N) is 1. The van der Waals surface area contributed by atoms with Crippen molar-refractivity contribution in [1.82, 2.24) is 4.98 Å². The van der Waals surface area contributed by atoms with Crippen LogP contribution < -0.4 is 0 Å². The summed E-state index contributed by atoms with van der Waals surface area (Å²) >= 11 is 0. The van der Waals surface area contributed by atoms with Gasteiger partial charge in [-0.1, -0.05) is 6.07 Å². The maximum atomic E-state index is 10.7. The number of hydrogen-bond acceptors (Lipinski definition) is 4. The smallest absolute Gasteiger partial charge is 0.264 e. The summed E-state index contributed by atoms with van der Waals surface area (Å²) in [6, 6.07) is 3.63. The Bertz CT molecular complexity index is 252. The molecule has 0 aromatic carbocycles. The number of rotatable bonds is 4. The first kappa shape index (κ1) is 9.26. The van der Waals surface area contributed by atoms with Gasteiger partial charge in [-0.25, -0.2) is 0 Å². The Kier molecular flexibility index (Phi) is 3.80. The van der Waals surface area contributed by atoms with Gasteiger partial charge in [0.15, 0.2) is 0 Å². The highest BCUT2D eigenvalue weighted by Crippen LogP contribution is 2.23. The highest BCUT2D eigenvalue weighted by molar-refractivity contribution is 7.33. The highest BCUT2D eigenvalue weighted by atomic mass is 31.1. The van der Waals surface area contributed by atoms with Crippen molar-refractivity contribution in [3.63, 3.8) is 0 Å². The van der Waals surface area contributed by atoms with E-state index in [2.05, 4.69) is 9.51 Å². The average Bonchev–Trinajstić information content (AvgIpc) is 2.16. The van der Waals surface area contributed by atoms with Crippen molar-refractivity contribution < 1.29 is 13.6 Å². The Balaban J connectivity index is 2.38. The van der Waals surface area contributed by atoms with Crippen molar-refractivity contribution in [2.45, 2.75) is 6.61 Å². The monoisotopic (exact) mass is 186 g/mol. The number of pyridine rings is 1. The Morgan fingerprint density at radius 2 is 2.50 bits per heavy atom. The van der Waals surface area contributed by atoms with Crippen molar-refractivity contribution in [3.8, 4) is 0 Å². The second-order valence-electron chi connectivity index (χ2n) is 2.04. The predicted molar refractivity (Wildman–Crippen MR) is 43.6 cm³/mol. The quantitative estimate of drug-likeness (QED) is 0.674. The first-order valence-electron chi connectivity index (χ1n) is 3.36. The van der Waals surface area contributed by atoms with Crippen molar-refractivity contribution in [1.29, 1.82) is 0 Å². The third-order valence-corrected chi connectivity index (χ3v) is 1.85. The normalized spacial score (nSPS) is 11.2. The lowest BCUT2D eigenvalue weighted by Gasteiger charge is -1.91. The molecule has 0 radical (unpaired) electrons. The summed E-state index contributed by atoms with van der Waals surface area (Å²) in [5, 5.41) is 0. The Labute approximate surface area is 71.5 Å². The van der Waals surface area contributed by atoms with E-state index in [-0.39, 0.29) is 6.61 Å². The summed E-state index contributed by atoms with van der Waals surface area (Å²) in [5.74, 6) is 0. The molecule has 4 nitrogen and oxygen atoms in total. The zero-order valence-electron chi connectivity index (χ0n) is 6.64. The molecule has 0 aliphatic heterocycles. The largest absolute Gasteiger partial charge is 0.697 e. The van der Waals surface area contributed by atoms with Gasteiger partial charge < -0.3 is 0 Å². The third kappa shape index (κ3) is 3.05. The summed E-state index contributed by atoms with van der Waals surface area (Å²) in [6.07, 6.45) is 3.32. The van der Waals surface area contributed by atoms with Gasteiger partial charge in [0.05, 0.1) is 7.11 Å². The van der Waals surface area contributed by atoms with Gasteiger partial charge in [-0.05, 0) is 6.07 Å². The van der Waals surface area contributed by atoms with Gasteiger partial charge in [0, 0.05) is 22.5 Å². The average molecular weight is 186 g/mol. The van der Waals surface area contributed by atoms with Crippen LogP contribution in [0, 0.1) is 0 Å². The van der Waals surface area contributed by atoms with E-state index in [9.17, 15) is 4.57 Å². The van der Waals surface area contributed by atoms with E-state index in [1.165, 1.54) is 7.11 Å². The van der Waals surface area contributed by atoms with Gasteiger partial charge in [0.2, 0.25) is 0 Å². The molecule has 0 bridgehead atoms. The van der Waals surface area contributed by atoms with Crippen LogP contribution in [-0.2, 0) is 20.2 Å². The summed E-state index contributed by atoms with van der Waals surface area (Å²) in [4.78, 5) is 3.87. The molecular formula is C7H9NO3P+. The van der Waals surface area contributed by atoms with Crippen LogP contribution in [0.5, 0.6) is 0 Å². The van der Waals surface area contributed by atoms with Crippen LogP contribution in [0.3, 0.4) is 0 Å². The van der Waals surface area contributed by atoms with Crippen LogP contribution >= 0.6 is 8.25 Å². The Hall–Kier alpha value is -0.830. The van der Waals surface area contributed by atoms with Crippen LogP contribution in [0.1, 0.15) is 5.56 Å². The molecule has 1 unspecified atom stereocenters. The first-order valence-corrected chi connectivity index (χ1v) is 4.45. The topological polar surface area (TPSA) is 48.4 Å². The van der Waals surface area contributed by atoms with Gasteiger partial charge in [-0.2, -0.15) is 0 Å². The highest BCUT2D eigenvalue weighted by Gasteiger charge is 2.16. The molecule has 5 heteroatoms. The summed E-state index contributed by atoms with van der Waals surface area (Å²) < 4.78 is 19.9. The molecule has 0 aliphatic carbocycles. The van der Waals surface area contributed by atoms with E-state index < -0.39 is 8.25 Å². The molecule has 0 N–H and O–H groups in total. The maximum Gasteiger partial charge on any atom is 0.697 e. The minimum absolute atomic E-state index is 0.261. The van der Waals surface area contributed by atoms with Crippen LogP contribution in [0.15, 0.2) is 24.5 Å². The first-order chi connectivity index (χ1) is 5.83. The van der Waals surface area contributed by atoms with Crippen molar-refractivity contribution >= 4 is 8.25 Å². The molecule has 0 fully saturated rings. The summed E-state index contributed by atoms with van der Waals surface area (Å²) in [5.41, 5.74) is 0.873. The third-order valence-electron chi connectivity index (χ3n) is 1.21. The molecule has 0 saturated carbocycles. The van der Waals surface area contributed by atoms with Gasteiger partial charge in [-0.3, -0.25) is 4.98 Å². The zero-order valence-corrected chi connectivity index (χ0v) is 7.53. The minimum atomic E-state index is -1.98. The SMILES string of the molecule is CO[P+](=O)OCc1cccnc1. The fourth-order valence-electron chi connectivity index (χ4n) is 0.663. The second-order valence-corrected chi connectivity index (χ2v) is 3.11. The van der Waals surface area contributed by atoms with Crippen molar-refractivity contribution in [3.05, 3.63) is 30.1 Å². The van der Waals surface area contributed by atoms with Crippen LogP contribution in [0.4, 0.5) is 0 Å². The second kappa shape index (κ2) is 4.93. The van der Waals surface area contributed by atoms with E-state index >= 15 is 0 Å². The molecule has 64 valence electrons. The zero-order chi connectivity index (χ0) is 8.81. The molecule has 0 aliphatic rings. The molecule has 1 aromatic rings. The molecule has 0 spiro atoms. The van der Waals surface area contributed by atoms with Gasteiger partial charge in [0.25, 0.3) is 0 Å². The molecular weight excluding hydrogens is 177 g/mol. The van der Waals surface area contributed by atoms with E-state index in [4.69, 9.17) is 4.52 Å². The van der Waals surface area contributed by atoms with E-state index in [1.54, 1.807) is 18.5 Å². The van der Waals surface area contributed by atoms with E-state index in [0.717, 1.165) is 5.56 Å². The number of aromatic nitrogens is 1. The molecule has 12 heavy (non-hydrogen) atoms. The predicted octanol–water partition coefficient (Wildman–Crippen LogP) is 1.90. The van der Waals surface area contributed by atoms with Crippen LogP contribution in [0.2, 0.25) is 0 Å². The Morgan fingerprint density at radius 1 is 1.67 bits per heavy atom. The van der Waals surface area contributed by atoms with Gasteiger partial charge >= 0.3 is 8.25 Å². The molecule has 1 aromatic heterocycles. The lowest BCUT2D eigenvalue weighted by atomic mass is 10.3. The lowest BCUT2D eigenvalue weighted by molar-refractivity contribution is 0.248. The Morgan fingerprint density at radius 3 is 3.08 bits per heavy atom. The van der Waals surface area contributed by atoms with E-state index in [1.807, 2.05) is 6.07 Å². The van der Waals surface area contributed by atoms with Crippen LogP contribution in [-0.4, -0.2) is 12.1 Å². The fourth-order valence-corrected chi connectivity index (χ4v) is 1.02. The molecule has 1 rings (SSSR count). The minimum Gasteiger partial charge on any atom is -0.264 e. The van der Waals surface area contributed by atoms with Gasteiger partial charge in [-0.15, -0.1) is 9.05 Å². The summed E-state index contributed by atoms with van der Waals surface area (Å²) in [7, 11) is -0.645. The summed E-state index contributed by atoms with van der Waals surface area (Å²) in [6.45, 7) is 0.261. The van der Waals surface area contributed by atoms with Crippen molar-refractivity contribution in [2.75, 3.05) is 7.11 Å².